The molecule has 0 fully saturated rings. The number of hydrogen-bond acceptors (Lipinski definition) is 3. The predicted octanol–water partition coefficient (Wildman–Crippen LogP) is 3.27. The van der Waals surface area contributed by atoms with Crippen LogP contribution in [0.5, 0.6) is 0 Å². The van der Waals surface area contributed by atoms with Crippen LogP contribution in [-0.4, -0.2) is 11.5 Å². The minimum Gasteiger partial charge on any atom is -0.396 e. The summed E-state index contributed by atoms with van der Waals surface area (Å²) in [4.78, 5) is 6.32. The maximum Gasteiger partial charge on any atom is 0.156 e. The van der Waals surface area contributed by atoms with E-state index in [0.717, 1.165) is 11.4 Å². The molecule has 3 nitrogen and oxygen atoms in total. The summed E-state index contributed by atoms with van der Waals surface area (Å²) in [6, 6.07) is 10.1. The molecule has 0 aliphatic carbocycles. The van der Waals surface area contributed by atoms with Gasteiger partial charge in [0.2, 0.25) is 0 Å². The van der Waals surface area contributed by atoms with Crippen molar-refractivity contribution in [3.63, 3.8) is 0 Å². The van der Waals surface area contributed by atoms with E-state index in [-0.39, 0.29) is 5.82 Å². The summed E-state index contributed by atoms with van der Waals surface area (Å²) in [5.74, 6) is 0.403. The Bertz CT molecular complexity index is 554. The normalized spacial score (nSPS) is 10.4. The third-order valence-electron chi connectivity index (χ3n) is 2.74. The Kier molecular flexibility index (Phi) is 3.46. The fraction of sp³-hybridized carbons (Fsp3) is 0.214. The lowest BCUT2D eigenvalue weighted by Crippen LogP contribution is -2.19. The van der Waals surface area contributed by atoms with E-state index in [1.165, 1.54) is 12.1 Å². The minimum absolute atomic E-state index is 0.267. The van der Waals surface area contributed by atoms with Crippen LogP contribution in [0.25, 0.3) is 0 Å². The molecular formula is C14H16FN3. The van der Waals surface area contributed by atoms with Crippen molar-refractivity contribution >= 4 is 17.2 Å². The van der Waals surface area contributed by atoms with Crippen LogP contribution in [0.15, 0.2) is 36.4 Å². The summed E-state index contributed by atoms with van der Waals surface area (Å²) in [6.07, 6.45) is 0. The molecule has 0 unspecified atom stereocenters. The summed E-state index contributed by atoms with van der Waals surface area (Å²) in [5.41, 5.74) is 8.17. The van der Waals surface area contributed by atoms with Crippen LogP contribution >= 0.6 is 0 Å². The van der Waals surface area contributed by atoms with Gasteiger partial charge in [-0.1, -0.05) is 6.07 Å². The highest BCUT2D eigenvalue weighted by Gasteiger charge is 2.12. The SMILES string of the molecule is CCN(c1cccc(F)c1)c1nc(C)ccc1N. The van der Waals surface area contributed by atoms with Gasteiger partial charge in [0.1, 0.15) is 5.82 Å². The van der Waals surface area contributed by atoms with Gasteiger partial charge in [0, 0.05) is 17.9 Å². The summed E-state index contributed by atoms with van der Waals surface area (Å²) >= 11 is 0. The first-order valence-corrected chi connectivity index (χ1v) is 5.88. The Morgan fingerprint density at radius 3 is 2.72 bits per heavy atom. The number of halogens is 1. The zero-order valence-electron chi connectivity index (χ0n) is 10.5. The standard InChI is InChI=1S/C14H16FN3/c1-3-18(12-6-4-5-11(15)9-12)14-13(16)8-7-10(2)17-14/h4-9H,3,16H2,1-2H3. The number of nitrogens with two attached hydrogens (primary N) is 1. The fourth-order valence-electron chi connectivity index (χ4n) is 1.87. The van der Waals surface area contributed by atoms with E-state index in [9.17, 15) is 4.39 Å². The highest BCUT2D eigenvalue weighted by atomic mass is 19.1. The van der Waals surface area contributed by atoms with Crippen LogP contribution in [0, 0.1) is 12.7 Å². The van der Waals surface area contributed by atoms with Crippen LogP contribution < -0.4 is 10.6 Å². The van der Waals surface area contributed by atoms with E-state index < -0.39 is 0 Å². The second kappa shape index (κ2) is 5.04. The second-order valence-corrected chi connectivity index (χ2v) is 4.09. The van der Waals surface area contributed by atoms with Crippen molar-refractivity contribution < 1.29 is 4.39 Å². The van der Waals surface area contributed by atoms with Crippen molar-refractivity contribution in [1.29, 1.82) is 0 Å². The van der Waals surface area contributed by atoms with Gasteiger partial charge in [0.15, 0.2) is 5.82 Å². The summed E-state index contributed by atoms with van der Waals surface area (Å²) in [5, 5.41) is 0. The number of aryl methyl sites for hydroxylation is 1. The molecule has 0 saturated carbocycles. The molecule has 0 aliphatic heterocycles. The maximum absolute atomic E-state index is 13.3. The van der Waals surface area contributed by atoms with E-state index in [2.05, 4.69) is 4.98 Å². The third-order valence-corrected chi connectivity index (χ3v) is 2.74. The molecule has 1 heterocycles. The number of aromatic nitrogens is 1. The topological polar surface area (TPSA) is 42.2 Å². The van der Waals surface area contributed by atoms with Crippen molar-refractivity contribution in [3.05, 3.63) is 47.9 Å². The fourth-order valence-corrected chi connectivity index (χ4v) is 1.87. The molecule has 0 amide bonds. The summed E-state index contributed by atoms with van der Waals surface area (Å²) < 4.78 is 13.3. The third kappa shape index (κ3) is 2.42. The Labute approximate surface area is 106 Å². The zero-order valence-corrected chi connectivity index (χ0v) is 10.5. The lowest BCUT2D eigenvalue weighted by atomic mass is 10.2. The number of anilines is 3. The Hall–Kier alpha value is -2.10. The van der Waals surface area contributed by atoms with E-state index >= 15 is 0 Å². The average Bonchev–Trinajstić information content (AvgIpc) is 2.35. The van der Waals surface area contributed by atoms with Crippen LogP contribution in [-0.2, 0) is 0 Å². The van der Waals surface area contributed by atoms with Crippen LogP contribution in [0.4, 0.5) is 21.6 Å². The van der Waals surface area contributed by atoms with Gasteiger partial charge in [-0.3, -0.25) is 0 Å². The quantitative estimate of drug-likeness (QED) is 0.902. The van der Waals surface area contributed by atoms with E-state index in [1.54, 1.807) is 6.07 Å². The zero-order chi connectivity index (χ0) is 13.1. The Balaban J connectivity index is 2.48. The molecule has 4 heteroatoms. The lowest BCUT2D eigenvalue weighted by Gasteiger charge is -2.23. The van der Waals surface area contributed by atoms with Gasteiger partial charge < -0.3 is 10.6 Å². The number of rotatable bonds is 3. The maximum atomic E-state index is 13.3. The van der Waals surface area contributed by atoms with Gasteiger partial charge in [0.25, 0.3) is 0 Å². The van der Waals surface area contributed by atoms with Crippen LogP contribution in [0.3, 0.4) is 0 Å². The molecule has 0 spiro atoms. The summed E-state index contributed by atoms with van der Waals surface area (Å²) in [6.45, 7) is 4.56. The lowest BCUT2D eigenvalue weighted by molar-refractivity contribution is 0.627. The number of nitrogen functional groups attached to an aromatic ring is 1. The molecule has 1 aromatic heterocycles. The van der Waals surface area contributed by atoms with Gasteiger partial charge in [-0.15, -0.1) is 0 Å². The number of hydrogen-bond donors (Lipinski definition) is 1. The van der Waals surface area contributed by atoms with Gasteiger partial charge >= 0.3 is 0 Å². The summed E-state index contributed by atoms with van der Waals surface area (Å²) in [7, 11) is 0. The molecule has 2 N–H and O–H groups in total. The highest BCUT2D eigenvalue weighted by Crippen LogP contribution is 2.28. The molecule has 0 saturated heterocycles. The molecule has 0 atom stereocenters. The van der Waals surface area contributed by atoms with E-state index in [0.29, 0.717) is 18.1 Å². The largest absolute Gasteiger partial charge is 0.396 e. The minimum atomic E-state index is -0.267. The first-order valence-electron chi connectivity index (χ1n) is 5.88. The van der Waals surface area contributed by atoms with E-state index in [1.807, 2.05) is 36.9 Å². The van der Waals surface area contributed by atoms with Crippen molar-refractivity contribution in [3.8, 4) is 0 Å². The number of pyridine rings is 1. The van der Waals surface area contributed by atoms with Gasteiger partial charge in [-0.25, -0.2) is 9.37 Å². The molecule has 18 heavy (non-hydrogen) atoms. The van der Waals surface area contributed by atoms with Crippen LogP contribution in [0.2, 0.25) is 0 Å². The smallest absolute Gasteiger partial charge is 0.156 e. The van der Waals surface area contributed by atoms with Gasteiger partial charge in [0.05, 0.1) is 5.69 Å². The molecule has 2 aromatic rings. The number of benzene rings is 1. The van der Waals surface area contributed by atoms with Crippen molar-refractivity contribution in [2.24, 2.45) is 0 Å². The molecule has 0 radical (unpaired) electrons. The molecule has 0 bridgehead atoms. The van der Waals surface area contributed by atoms with E-state index in [4.69, 9.17) is 5.73 Å². The molecule has 0 aliphatic rings. The monoisotopic (exact) mass is 245 g/mol. The molecule has 94 valence electrons. The van der Waals surface area contributed by atoms with Gasteiger partial charge in [-0.05, 0) is 44.2 Å². The Morgan fingerprint density at radius 1 is 1.28 bits per heavy atom. The van der Waals surface area contributed by atoms with Crippen molar-refractivity contribution in [2.75, 3.05) is 17.2 Å². The molecule has 1 aromatic carbocycles. The van der Waals surface area contributed by atoms with Crippen molar-refractivity contribution in [1.82, 2.24) is 4.98 Å². The Morgan fingerprint density at radius 2 is 2.06 bits per heavy atom. The second-order valence-electron chi connectivity index (χ2n) is 4.09. The number of nitrogens with zero attached hydrogens (tertiary/aromatic N) is 2. The van der Waals surface area contributed by atoms with Gasteiger partial charge in [-0.2, -0.15) is 0 Å². The average molecular weight is 245 g/mol. The van der Waals surface area contributed by atoms with Crippen molar-refractivity contribution in [2.45, 2.75) is 13.8 Å². The molecular weight excluding hydrogens is 229 g/mol. The first-order chi connectivity index (χ1) is 8.61. The first kappa shape index (κ1) is 12.4. The predicted molar refractivity (Wildman–Crippen MR) is 72.5 cm³/mol. The highest BCUT2D eigenvalue weighted by molar-refractivity contribution is 5.71. The van der Waals surface area contributed by atoms with Crippen LogP contribution in [0.1, 0.15) is 12.6 Å². The molecule has 2 rings (SSSR count).